The van der Waals surface area contributed by atoms with Crippen LogP contribution in [0.1, 0.15) is 38.2 Å². The van der Waals surface area contributed by atoms with E-state index in [2.05, 4.69) is 21.9 Å². The monoisotopic (exact) mass is 416 g/mol. The van der Waals surface area contributed by atoms with E-state index in [9.17, 15) is 4.79 Å². The summed E-state index contributed by atoms with van der Waals surface area (Å²) in [4.78, 5) is 18.3. The lowest BCUT2D eigenvalue weighted by Gasteiger charge is -2.52. The van der Waals surface area contributed by atoms with Gasteiger partial charge in [-0.2, -0.15) is 0 Å². The van der Waals surface area contributed by atoms with Crippen LogP contribution in [0.3, 0.4) is 0 Å². The smallest absolute Gasteiger partial charge is 0.313 e. The largest absolute Gasteiger partial charge is 0.496 e. The highest BCUT2D eigenvalue weighted by molar-refractivity contribution is 5.78. The third kappa shape index (κ3) is 4.36. The fourth-order valence-electron chi connectivity index (χ4n) is 5.81. The van der Waals surface area contributed by atoms with Crippen molar-refractivity contribution in [1.82, 2.24) is 9.80 Å². The second-order valence-electron chi connectivity index (χ2n) is 8.96. The number of hydrogen-bond acceptors (Lipinski definition) is 6. The summed E-state index contributed by atoms with van der Waals surface area (Å²) in [5, 5.41) is 0. The van der Waals surface area contributed by atoms with E-state index < -0.39 is 0 Å². The van der Waals surface area contributed by atoms with E-state index in [4.69, 9.17) is 14.2 Å². The summed E-state index contributed by atoms with van der Waals surface area (Å²) in [5.41, 5.74) is 0.804. The Kier molecular flexibility index (Phi) is 6.96. The first-order valence-electron chi connectivity index (χ1n) is 11.5. The van der Waals surface area contributed by atoms with E-state index in [0.29, 0.717) is 18.6 Å². The zero-order valence-corrected chi connectivity index (χ0v) is 18.5. The summed E-state index contributed by atoms with van der Waals surface area (Å²) in [6, 6.07) is 8.76. The number of piperidine rings is 1. The standard InChI is InChI=1S/C24H36N2O4/c1-3-30-23(27)24-10-8-21(26-12-14-29-15-13-26)16-20(24)9-11-25(18-24)17-19-6-4-5-7-22(19)28-2/h4-7,20-21H,3,8-18H2,1-2H3/t20-,21+,24-/m1/s1. The maximum atomic E-state index is 13.3. The molecule has 1 aliphatic carbocycles. The lowest BCUT2D eigenvalue weighted by Crippen LogP contribution is -2.58. The molecule has 4 rings (SSSR count). The molecule has 0 bridgehead atoms. The maximum absolute atomic E-state index is 13.3. The van der Waals surface area contributed by atoms with Gasteiger partial charge in [0.25, 0.3) is 0 Å². The summed E-state index contributed by atoms with van der Waals surface area (Å²) >= 11 is 0. The maximum Gasteiger partial charge on any atom is 0.313 e. The van der Waals surface area contributed by atoms with Crippen LogP contribution in [0.4, 0.5) is 0 Å². The molecule has 3 atom stereocenters. The van der Waals surface area contributed by atoms with Gasteiger partial charge in [-0.15, -0.1) is 0 Å². The molecule has 3 aliphatic rings. The molecule has 2 heterocycles. The number of ether oxygens (including phenoxy) is 3. The first-order chi connectivity index (χ1) is 14.7. The normalized spacial score (nSPS) is 30.5. The Hall–Kier alpha value is -1.63. The number of rotatable bonds is 6. The Morgan fingerprint density at radius 1 is 1.20 bits per heavy atom. The lowest BCUT2D eigenvalue weighted by atomic mass is 9.61. The minimum absolute atomic E-state index is 0.0140. The molecule has 0 aromatic heterocycles. The summed E-state index contributed by atoms with van der Waals surface area (Å²) in [5.74, 6) is 1.33. The SMILES string of the molecule is CCOC(=O)[C@@]12CC[C@H](N3CCOCC3)C[C@H]1CCN(Cc1ccccc1OC)C2. The van der Waals surface area contributed by atoms with Crippen molar-refractivity contribution in [2.24, 2.45) is 11.3 Å². The predicted molar refractivity (Wildman–Crippen MR) is 115 cm³/mol. The number of fused-ring (bicyclic) bond motifs is 1. The molecule has 1 aromatic carbocycles. The highest BCUT2D eigenvalue weighted by Crippen LogP contribution is 2.48. The molecule has 6 nitrogen and oxygen atoms in total. The number of para-hydroxylation sites is 1. The van der Waals surface area contributed by atoms with Crippen LogP contribution in [0.5, 0.6) is 5.75 Å². The Morgan fingerprint density at radius 2 is 2.00 bits per heavy atom. The molecule has 0 unspecified atom stereocenters. The topological polar surface area (TPSA) is 51.2 Å². The molecule has 0 radical (unpaired) electrons. The van der Waals surface area contributed by atoms with Crippen LogP contribution in [-0.2, 0) is 20.8 Å². The molecule has 30 heavy (non-hydrogen) atoms. The van der Waals surface area contributed by atoms with E-state index >= 15 is 0 Å². The minimum atomic E-state index is -0.376. The number of esters is 1. The fourth-order valence-corrected chi connectivity index (χ4v) is 5.81. The van der Waals surface area contributed by atoms with Crippen LogP contribution < -0.4 is 4.74 Å². The average Bonchev–Trinajstić information content (AvgIpc) is 2.79. The van der Waals surface area contributed by atoms with E-state index in [1.165, 1.54) is 5.56 Å². The number of nitrogens with zero attached hydrogens (tertiary/aromatic N) is 2. The van der Waals surface area contributed by atoms with Crippen molar-refractivity contribution in [2.75, 3.05) is 53.1 Å². The zero-order chi connectivity index (χ0) is 21.0. The quantitative estimate of drug-likeness (QED) is 0.665. The molecular formula is C24H36N2O4. The van der Waals surface area contributed by atoms with Gasteiger partial charge in [0.05, 0.1) is 32.3 Å². The summed E-state index contributed by atoms with van der Waals surface area (Å²) in [6.45, 7) is 8.67. The van der Waals surface area contributed by atoms with Crippen molar-refractivity contribution in [2.45, 2.75) is 45.2 Å². The van der Waals surface area contributed by atoms with Crippen LogP contribution in [0.15, 0.2) is 24.3 Å². The molecule has 3 fully saturated rings. The summed E-state index contributed by atoms with van der Waals surface area (Å²) in [6.07, 6.45) is 4.13. The van der Waals surface area contributed by atoms with Crippen molar-refractivity contribution in [3.05, 3.63) is 29.8 Å². The highest BCUT2D eigenvalue weighted by Gasteiger charge is 2.53. The van der Waals surface area contributed by atoms with E-state index in [-0.39, 0.29) is 11.4 Å². The number of benzene rings is 1. The Labute approximate surface area is 180 Å². The van der Waals surface area contributed by atoms with Gasteiger partial charge < -0.3 is 14.2 Å². The van der Waals surface area contributed by atoms with E-state index in [1.54, 1.807) is 7.11 Å². The molecule has 6 heteroatoms. The lowest BCUT2D eigenvalue weighted by molar-refractivity contribution is -0.170. The van der Waals surface area contributed by atoms with Crippen LogP contribution in [0, 0.1) is 11.3 Å². The van der Waals surface area contributed by atoms with Crippen LogP contribution >= 0.6 is 0 Å². The molecule has 0 amide bonds. The highest BCUT2D eigenvalue weighted by atomic mass is 16.5. The molecular weight excluding hydrogens is 380 g/mol. The first-order valence-corrected chi connectivity index (χ1v) is 11.5. The molecule has 166 valence electrons. The molecule has 1 saturated carbocycles. The van der Waals surface area contributed by atoms with Crippen molar-refractivity contribution in [1.29, 1.82) is 0 Å². The van der Waals surface area contributed by atoms with Crippen molar-refractivity contribution < 1.29 is 19.0 Å². The van der Waals surface area contributed by atoms with Gasteiger partial charge in [-0.1, -0.05) is 18.2 Å². The molecule has 0 N–H and O–H groups in total. The van der Waals surface area contributed by atoms with Gasteiger partial charge >= 0.3 is 5.97 Å². The van der Waals surface area contributed by atoms with Gasteiger partial charge in [-0.05, 0) is 51.1 Å². The average molecular weight is 417 g/mol. The molecule has 0 spiro atoms. The molecule has 2 saturated heterocycles. The summed E-state index contributed by atoms with van der Waals surface area (Å²) in [7, 11) is 1.72. The van der Waals surface area contributed by atoms with Crippen molar-refractivity contribution >= 4 is 5.97 Å². The number of methoxy groups -OCH3 is 1. The van der Waals surface area contributed by atoms with Crippen LogP contribution in [0.2, 0.25) is 0 Å². The first kappa shape index (κ1) is 21.6. The van der Waals surface area contributed by atoms with Crippen molar-refractivity contribution in [3.8, 4) is 5.75 Å². The van der Waals surface area contributed by atoms with Crippen molar-refractivity contribution in [3.63, 3.8) is 0 Å². The number of carbonyl (C=O) groups excluding carboxylic acids is 1. The Bertz CT molecular complexity index is 721. The number of morpholine rings is 1. The number of hydrogen-bond donors (Lipinski definition) is 0. The second kappa shape index (κ2) is 9.67. The third-order valence-corrected chi connectivity index (χ3v) is 7.39. The van der Waals surface area contributed by atoms with Gasteiger partial charge in [-0.3, -0.25) is 14.6 Å². The predicted octanol–water partition coefficient (Wildman–Crippen LogP) is 2.95. The minimum Gasteiger partial charge on any atom is -0.496 e. The fraction of sp³-hybridized carbons (Fsp3) is 0.708. The molecule has 1 aromatic rings. The van der Waals surface area contributed by atoms with Gasteiger partial charge in [0.15, 0.2) is 0 Å². The second-order valence-corrected chi connectivity index (χ2v) is 8.96. The third-order valence-electron chi connectivity index (χ3n) is 7.39. The number of carbonyl (C=O) groups is 1. The molecule has 2 aliphatic heterocycles. The summed E-state index contributed by atoms with van der Waals surface area (Å²) < 4.78 is 16.7. The van der Waals surface area contributed by atoms with Crippen LogP contribution in [0.25, 0.3) is 0 Å². The van der Waals surface area contributed by atoms with E-state index in [1.807, 2.05) is 19.1 Å². The van der Waals surface area contributed by atoms with Gasteiger partial charge in [-0.25, -0.2) is 0 Å². The van der Waals surface area contributed by atoms with Crippen LogP contribution in [-0.4, -0.2) is 74.9 Å². The Morgan fingerprint density at radius 3 is 2.77 bits per heavy atom. The number of likely N-dealkylation sites (tertiary alicyclic amines) is 1. The van der Waals surface area contributed by atoms with Gasteiger partial charge in [0.2, 0.25) is 0 Å². The van der Waals surface area contributed by atoms with E-state index in [0.717, 1.165) is 77.4 Å². The van der Waals surface area contributed by atoms with Gasteiger partial charge in [0, 0.05) is 37.8 Å². The Balaban J connectivity index is 1.50. The van der Waals surface area contributed by atoms with Gasteiger partial charge in [0.1, 0.15) is 5.75 Å². The zero-order valence-electron chi connectivity index (χ0n) is 18.5.